The van der Waals surface area contributed by atoms with E-state index in [1.165, 1.54) is 0 Å². The highest BCUT2D eigenvalue weighted by Gasteiger charge is 2.21. The maximum Gasteiger partial charge on any atom is 0.333 e. The average Bonchev–Trinajstić information content (AvgIpc) is 3.14. The van der Waals surface area contributed by atoms with Crippen LogP contribution >= 0.6 is 0 Å². The van der Waals surface area contributed by atoms with Gasteiger partial charge in [-0.15, -0.1) is 6.42 Å². The first-order chi connectivity index (χ1) is 16.3. The monoisotopic (exact) mass is 443 g/mol. The lowest BCUT2D eigenvalue weighted by Crippen LogP contribution is -2.21. The first-order valence-electron chi connectivity index (χ1n) is 10.8. The minimum Gasteiger partial charge on any atom is -0.293 e. The summed E-state index contributed by atoms with van der Waals surface area (Å²) < 4.78 is 3.30. The number of pyridine rings is 2. The maximum atomic E-state index is 13.3. The number of benzene rings is 2. The van der Waals surface area contributed by atoms with Crippen molar-refractivity contribution in [3.8, 4) is 35.2 Å². The number of imidazole rings is 1. The van der Waals surface area contributed by atoms with Crippen molar-refractivity contribution in [3.05, 3.63) is 88.7 Å². The number of hydrogen-bond donors (Lipinski definition) is 0. The summed E-state index contributed by atoms with van der Waals surface area (Å²) in [6.45, 7) is 3.74. The molecule has 0 unspecified atom stereocenters. The standard InChI is InChI=1S/C28H21N5O/c1-5-18-12-20(15-30-14-18)19-6-11-24-23(13-19)26-25(16-31-24)32(4)27(34)33(26)22-9-7-21(8-10-22)28(2,3)17-29/h1,6-16H,2-4H3. The zero-order valence-electron chi connectivity index (χ0n) is 19.1. The van der Waals surface area contributed by atoms with E-state index in [2.05, 4.69) is 22.0 Å². The zero-order valence-corrected chi connectivity index (χ0v) is 19.1. The molecule has 2 aromatic carbocycles. The lowest BCUT2D eigenvalue weighted by molar-refractivity contribution is 0.686. The van der Waals surface area contributed by atoms with Gasteiger partial charge >= 0.3 is 5.69 Å². The number of rotatable bonds is 3. The van der Waals surface area contributed by atoms with E-state index in [-0.39, 0.29) is 5.69 Å². The second-order valence-electron chi connectivity index (χ2n) is 8.79. The minimum atomic E-state index is -0.616. The van der Waals surface area contributed by atoms with Crippen molar-refractivity contribution in [2.45, 2.75) is 19.3 Å². The van der Waals surface area contributed by atoms with E-state index < -0.39 is 5.41 Å². The second-order valence-corrected chi connectivity index (χ2v) is 8.79. The summed E-state index contributed by atoms with van der Waals surface area (Å²) in [6, 6.07) is 17.7. The third kappa shape index (κ3) is 3.25. The molecule has 5 rings (SSSR count). The molecule has 0 atom stereocenters. The van der Waals surface area contributed by atoms with E-state index in [4.69, 9.17) is 6.42 Å². The Bertz CT molecular complexity index is 1720. The highest BCUT2D eigenvalue weighted by atomic mass is 16.1. The SMILES string of the molecule is C#Cc1cncc(-c2ccc3ncc4c(c3c2)n(-c2ccc(C(C)(C)C#N)cc2)c(=O)n4C)c1. The lowest BCUT2D eigenvalue weighted by atomic mass is 9.86. The molecule has 0 N–H and O–H groups in total. The van der Waals surface area contributed by atoms with Crippen LogP contribution in [0, 0.1) is 23.7 Å². The van der Waals surface area contributed by atoms with E-state index in [9.17, 15) is 10.1 Å². The predicted molar refractivity (Wildman–Crippen MR) is 134 cm³/mol. The van der Waals surface area contributed by atoms with Gasteiger partial charge in [0, 0.05) is 36.0 Å². The summed E-state index contributed by atoms with van der Waals surface area (Å²) in [4.78, 5) is 22.2. The molecule has 0 spiro atoms. The Kier molecular flexibility index (Phi) is 4.81. The van der Waals surface area contributed by atoms with Crippen molar-refractivity contribution >= 4 is 21.9 Å². The Morgan fingerprint density at radius 1 is 1.00 bits per heavy atom. The second kappa shape index (κ2) is 7.72. The fraction of sp³-hybridized carbons (Fsp3) is 0.143. The molecule has 6 nitrogen and oxygen atoms in total. The molecule has 164 valence electrons. The summed E-state index contributed by atoms with van der Waals surface area (Å²) in [5.74, 6) is 2.62. The molecule has 0 bridgehead atoms. The first-order valence-corrected chi connectivity index (χ1v) is 10.8. The number of nitriles is 1. The van der Waals surface area contributed by atoms with Crippen LogP contribution in [0.2, 0.25) is 0 Å². The van der Waals surface area contributed by atoms with Crippen LogP contribution in [0.15, 0.2) is 71.9 Å². The smallest absolute Gasteiger partial charge is 0.293 e. The average molecular weight is 444 g/mol. The van der Waals surface area contributed by atoms with Gasteiger partial charge < -0.3 is 0 Å². The van der Waals surface area contributed by atoms with Crippen molar-refractivity contribution in [1.29, 1.82) is 5.26 Å². The number of terminal acetylenes is 1. The van der Waals surface area contributed by atoms with E-state index >= 15 is 0 Å². The highest BCUT2D eigenvalue weighted by molar-refractivity contribution is 6.04. The van der Waals surface area contributed by atoms with Crippen molar-refractivity contribution in [1.82, 2.24) is 19.1 Å². The van der Waals surface area contributed by atoms with Gasteiger partial charge in [-0.1, -0.05) is 24.1 Å². The predicted octanol–water partition coefficient (Wildman–Crippen LogP) is 4.72. The molecule has 0 aliphatic carbocycles. The maximum absolute atomic E-state index is 13.3. The Hall–Kier alpha value is -4.68. The van der Waals surface area contributed by atoms with Crippen LogP contribution in [0.1, 0.15) is 25.0 Å². The molecule has 0 saturated heterocycles. The fourth-order valence-electron chi connectivity index (χ4n) is 4.18. The largest absolute Gasteiger partial charge is 0.333 e. The van der Waals surface area contributed by atoms with Crippen LogP contribution in [0.5, 0.6) is 0 Å². The zero-order chi connectivity index (χ0) is 24.0. The summed E-state index contributed by atoms with van der Waals surface area (Å²) in [7, 11) is 1.74. The molecule has 34 heavy (non-hydrogen) atoms. The summed E-state index contributed by atoms with van der Waals surface area (Å²) in [5.41, 5.74) is 5.63. The molecule has 3 aromatic heterocycles. The Morgan fingerprint density at radius 3 is 2.47 bits per heavy atom. The van der Waals surface area contributed by atoms with Gasteiger partial charge in [0.2, 0.25) is 0 Å². The van der Waals surface area contributed by atoms with Crippen molar-refractivity contribution in [3.63, 3.8) is 0 Å². The number of hydrogen-bond acceptors (Lipinski definition) is 4. The summed E-state index contributed by atoms with van der Waals surface area (Å²) in [5, 5.41) is 10.3. The number of aromatic nitrogens is 4. The molecular weight excluding hydrogens is 422 g/mol. The van der Waals surface area contributed by atoms with Crippen LogP contribution < -0.4 is 5.69 Å². The molecule has 0 amide bonds. The molecule has 6 heteroatoms. The van der Waals surface area contributed by atoms with E-state index in [0.717, 1.165) is 44.3 Å². The normalized spacial score (nSPS) is 11.4. The Balaban J connectivity index is 1.78. The van der Waals surface area contributed by atoms with Gasteiger partial charge in [0.15, 0.2) is 0 Å². The van der Waals surface area contributed by atoms with Crippen LogP contribution in [0.3, 0.4) is 0 Å². The van der Waals surface area contributed by atoms with E-state index in [0.29, 0.717) is 5.56 Å². The van der Waals surface area contributed by atoms with E-state index in [1.54, 1.807) is 34.8 Å². The van der Waals surface area contributed by atoms with Crippen LogP contribution in [-0.4, -0.2) is 19.1 Å². The number of nitrogens with zero attached hydrogens (tertiary/aromatic N) is 5. The van der Waals surface area contributed by atoms with Crippen LogP contribution in [0.25, 0.3) is 38.8 Å². The Labute approximate surface area is 196 Å². The number of aryl methyl sites for hydroxylation is 1. The summed E-state index contributed by atoms with van der Waals surface area (Å²) in [6.07, 6.45) is 10.7. The molecule has 0 saturated carbocycles. The molecule has 0 aliphatic heterocycles. The Morgan fingerprint density at radius 2 is 1.76 bits per heavy atom. The first kappa shape index (κ1) is 21.2. The quantitative estimate of drug-likeness (QED) is 0.378. The third-order valence-electron chi connectivity index (χ3n) is 6.25. The van der Waals surface area contributed by atoms with Crippen molar-refractivity contribution in [2.75, 3.05) is 0 Å². The highest BCUT2D eigenvalue weighted by Crippen LogP contribution is 2.30. The number of fused-ring (bicyclic) bond motifs is 3. The molecule has 0 radical (unpaired) electrons. The van der Waals surface area contributed by atoms with Crippen LogP contribution in [0.4, 0.5) is 0 Å². The van der Waals surface area contributed by atoms with Gasteiger partial charge in [-0.3, -0.25) is 19.1 Å². The molecular formula is C28H21N5O. The lowest BCUT2D eigenvalue weighted by Gasteiger charge is -2.16. The molecule has 0 aliphatic rings. The van der Waals surface area contributed by atoms with Gasteiger partial charge in [0.05, 0.1) is 39.9 Å². The molecule has 5 aromatic rings. The van der Waals surface area contributed by atoms with Crippen molar-refractivity contribution < 1.29 is 0 Å². The minimum absolute atomic E-state index is 0.169. The van der Waals surface area contributed by atoms with Gasteiger partial charge in [0.25, 0.3) is 0 Å². The molecule has 3 heterocycles. The fourth-order valence-corrected chi connectivity index (χ4v) is 4.18. The summed E-state index contributed by atoms with van der Waals surface area (Å²) >= 11 is 0. The van der Waals surface area contributed by atoms with Crippen molar-refractivity contribution in [2.24, 2.45) is 7.05 Å². The van der Waals surface area contributed by atoms with E-state index in [1.807, 2.05) is 62.4 Å². The topological polar surface area (TPSA) is 76.5 Å². The third-order valence-corrected chi connectivity index (χ3v) is 6.25. The van der Waals surface area contributed by atoms with Gasteiger partial charge in [-0.2, -0.15) is 5.26 Å². The van der Waals surface area contributed by atoms with Gasteiger partial charge in [-0.05, 0) is 55.3 Å². The van der Waals surface area contributed by atoms with Gasteiger partial charge in [0.1, 0.15) is 0 Å². The van der Waals surface area contributed by atoms with Gasteiger partial charge in [-0.25, -0.2) is 4.79 Å². The van der Waals surface area contributed by atoms with Crippen LogP contribution in [-0.2, 0) is 12.5 Å². The molecule has 0 fully saturated rings.